The lowest BCUT2D eigenvalue weighted by atomic mass is 9.79. The summed E-state index contributed by atoms with van der Waals surface area (Å²) in [4.78, 5) is 38.4. The molecule has 3 N–H and O–H groups in total. The van der Waals surface area contributed by atoms with E-state index in [2.05, 4.69) is 40.4 Å². The van der Waals surface area contributed by atoms with E-state index in [9.17, 15) is 19.8 Å². The van der Waals surface area contributed by atoms with E-state index < -0.39 is 5.97 Å². The Kier molecular flexibility index (Phi) is 9.04. The standard InChI is InChI=1S/C34H46N6O4/c1-7-10-29(39-20-22(3)35-23(4)21-39)31-36-28-18-27(33(43)44)30(19-26(28)32(42)40(31)8-2)38-15-13-34(14-16-38,37(5)6)24-11-9-12-25(41)17-24/h9,11-12,17-19,23,29,35,41H,3,7-8,10,13-16,20-21H2,1-2,4-6H3,(H,43,44)/t23-,29?/m0/s1. The molecule has 0 amide bonds. The maximum Gasteiger partial charge on any atom is 0.337 e. The van der Waals surface area contributed by atoms with Crippen molar-refractivity contribution in [1.29, 1.82) is 0 Å². The number of hydrogen-bond acceptors (Lipinski definition) is 8. The largest absolute Gasteiger partial charge is 0.508 e. The first-order valence-electron chi connectivity index (χ1n) is 15.7. The summed E-state index contributed by atoms with van der Waals surface area (Å²) in [6.07, 6.45) is 3.19. The summed E-state index contributed by atoms with van der Waals surface area (Å²) in [5, 5.41) is 24.4. The van der Waals surface area contributed by atoms with E-state index in [4.69, 9.17) is 4.98 Å². The van der Waals surface area contributed by atoms with Gasteiger partial charge in [0.15, 0.2) is 0 Å². The van der Waals surface area contributed by atoms with Crippen molar-refractivity contribution >= 4 is 22.6 Å². The molecule has 2 atom stereocenters. The number of piperidine rings is 1. The van der Waals surface area contributed by atoms with Gasteiger partial charge in [-0.15, -0.1) is 0 Å². The molecule has 0 spiro atoms. The van der Waals surface area contributed by atoms with Crippen molar-refractivity contribution in [3.05, 3.63) is 76.0 Å². The van der Waals surface area contributed by atoms with Gasteiger partial charge in [0.2, 0.25) is 0 Å². The molecule has 2 fully saturated rings. The van der Waals surface area contributed by atoms with Gasteiger partial charge in [0.25, 0.3) is 5.56 Å². The molecule has 44 heavy (non-hydrogen) atoms. The average Bonchev–Trinajstić information content (AvgIpc) is 2.98. The number of aromatic carboxylic acids is 1. The van der Waals surface area contributed by atoms with Gasteiger partial charge < -0.3 is 20.4 Å². The normalized spacial score (nSPS) is 19.7. The molecule has 0 radical (unpaired) electrons. The predicted molar refractivity (Wildman–Crippen MR) is 175 cm³/mol. The topological polar surface area (TPSA) is 114 Å². The highest BCUT2D eigenvalue weighted by molar-refractivity contribution is 6.00. The number of benzene rings is 2. The molecule has 1 unspecified atom stereocenters. The number of aromatic hydroxyl groups is 1. The number of hydrogen-bond donors (Lipinski definition) is 3. The Morgan fingerprint density at radius 2 is 1.93 bits per heavy atom. The number of piperazine rings is 1. The van der Waals surface area contributed by atoms with Crippen LogP contribution in [0, 0.1) is 0 Å². The number of carboxylic acid groups (broad SMARTS) is 1. The first-order chi connectivity index (χ1) is 21.0. The number of anilines is 1. The molecule has 2 aliphatic heterocycles. The lowest BCUT2D eigenvalue weighted by molar-refractivity contribution is 0.0697. The van der Waals surface area contributed by atoms with Gasteiger partial charge in [0.05, 0.1) is 28.2 Å². The molecule has 236 valence electrons. The maximum absolute atomic E-state index is 14.1. The third-order valence-corrected chi connectivity index (χ3v) is 9.47. The van der Waals surface area contributed by atoms with Gasteiger partial charge in [-0.2, -0.15) is 0 Å². The fourth-order valence-corrected chi connectivity index (χ4v) is 7.26. The summed E-state index contributed by atoms with van der Waals surface area (Å²) in [6.45, 7) is 13.5. The molecule has 1 aromatic heterocycles. The van der Waals surface area contributed by atoms with E-state index in [1.807, 2.05) is 39.2 Å². The molecule has 2 saturated heterocycles. The zero-order valence-corrected chi connectivity index (χ0v) is 26.6. The van der Waals surface area contributed by atoms with Crippen LogP contribution in [0.2, 0.25) is 0 Å². The van der Waals surface area contributed by atoms with Crippen LogP contribution in [0.25, 0.3) is 10.9 Å². The van der Waals surface area contributed by atoms with Crippen molar-refractivity contribution in [2.45, 2.75) is 70.6 Å². The maximum atomic E-state index is 14.1. The summed E-state index contributed by atoms with van der Waals surface area (Å²) in [7, 11) is 4.08. The minimum atomic E-state index is -1.04. The third kappa shape index (κ3) is 5.80. The highest BCUT2D eigenvalue weighted by atomic mass is 16.4. The first-order valence-corrected chi connectivity index (χ1v) is 15.7. The third-order valence-electron chi connectivity index (χ3n) is 9.47. The van der Waals surface area contributed by atoms with Crippen molar-refractivity contribution in [3.8, 4) is 5.75 Å². The second-order valence-electron chi connectivity index (χ2n) is 12.6. The van der Waals surface area contributed by atoms with Crippen molar-refractivity contribution < 1.29 is 15.0 Å². The molecule has 10 heteroatoms. The molecule has 5 rings (SSSR count). The second kappa shape index (κ2) is 12.6. The van der Waals surface area contributed by atoms with Gasteiger partial charge >= 0.3 is 5.97 Å². The van der Waals surface area contributed by atoms with Gasteiger partial charge in [-0.3, -0.25) is 19.2 Å². The molecule has 2 aromatic carbocycles. The molecule has 3 heterocycles. The number of aromatic nitrogens is 2. The van der Waals surface area contributed by atoms with Crippen LogP contribution < -0.4 is 15.8 Å². The lowest BCUT2D eigenvalue weighted by Gasteiger charge is -2.47. The predicted octanol–water partition coefficient (Wildman–Crippen LogP) is 4.53. The number of phenolic OH excluding ortho intramolecular Hbond substituents is 1. The average molecular weight is 603 g/mol. The van der Waals surface area contributed by atoms with E-state index in [0.717, 1.165) is 43.5 Å². The summed E-state index contributed by atoms with van der Waals surface area (Å²) >= 11 is 0. The molecule has 10 nitrogen and oxygen atoms in total. The zero-order chi connectivity index (χ0) is 31.8. The lowest BCUT2D eigenvalue weighted by Crippen LogP contribution is -2.50. The van der Waals surface area contributed by atoms with Gasteiger partial charge in [0, 0.05) is 50.0 Å². The Bertz CT molecular complexity index is 1610. The zero-order valence-electron chi connectivity index (χ0n) is 26.6. The van der Waals surface area contributed by atoms with E-state index in [1.165, 1.54) is 0 Å². The highest BCUT2D eigenvalue weighted by Crippen LogP contribution is 2.40. The minimum absolute atomic E-state index is 0.0926. The SMILES string of the molecule is C=C1CN(C(CCC)c2nc3cc(C(=O)O)c(N4CCC(c5cccc(O)c5)(N(C)C)CC4)cc3c(=O)n2CC)C[C@H](C)N1. The molecule has 0 bridgehead atoms. The number of carboxylic acids is 1. The Balaban J connectivity index is 1.56. The fraction of sp³-hybridized carbons (Fsp3) is 0.500. The summed E-state index contributed by atoms with van der Waals surface area (Å²) in [6, 6.07) is 10.8. The van der Waals surface area contributed by atoms with Gasteiger partial charge in [0.1, 0.15) is 11.6 Å². The van der Waals surface area contributed by atoms with Crippen molar-refractivity contribution in [1.82, 2.24) is 24.7 Å². The van der Waals surface area contributed by atoms with Crippen LogP contribution in [0.15, 0.2) is 53.5 Å². The van der Waals surface area contributed by atoms with Crippen LogP contribution in [0.1, 0.15) is 74.2 Å². The Labute approximate surface area is 259 Å². The Morgan fingerprint density at radius 1 is 1.20 bits per heavy atom. The number of nitrogens with one attached hydrogen (secondary N) is 1. The fourth-order valence-electron chi connectivity index (χ4n) is 7.26. The van der Waals surface area contributed by atoms with Gasteiger partial charge in [-0.1, -0.05) is 32.1 Å². The van der Waals surface area contributed by atoms with Gasteiger partial charge in [-0.05, 0) is 77.0 Å². The van der Waals surface area contributed by atoms with E-state index >= 15 is 0 Å². The Morgan fingerprint density at radius 3 is 2.52 bits per heavy atom. The van der Waals surface area contributed by atoms with E-state index in [-0.39, 0.29) is 34.5 Å². The summed E-state index contributed by atoms with van der Waals surface area (Å²) < 4.78 is 1.76. The van der Waals surface area contributed by atoms with Crippen LogP contribution in [0.4, 0.5) is 5.69 Å². The van der Waals surface area contributed by atoms with Crippen LogP contribution in [-0.2, 0) is 12.1 Å². The molecule has 0 aliphatic carbocycles. The van der Waals surface area contributed by atoms with Crippen LogP contribution in [0.5, 0.6) is 5.75 Å². The second-order valence-corrected chi connectivity index (χ2v) is 12.6. The molecule has 3 aromatic rings. The first kappa shape index (κ1) is 31.5. The monoisotopic (exact) mass is 602 g/mol. The van der Waals surface area contributed by atoms with Crippen LogP contribution in [-0.4, -0.2) is 81.8 Å². The number of carbonyl (C=O) groups is 1. The molecular weight excluding hydrogens is 556 g/mol. The quantitative estimate of drug-likeness (QED) is 0.325. The van der Waals surface area contributed by atoms with Gasteiger partial charge in [-0.25, -0.2) is 9.78 Å². The summed E-state index contributed by atoms with van der Waals surface area (Å²) in [5.41, 5.74) is 2.63. The smallest absolute Gasteiger partial charge is 0.337 e. The minimum Gasteiger partial charge on any atom is -0.508 e. The van der Waals surface area contributed by atoms with Crippen molar-refractivity contribution in [2.24, 2.45) is 0 Å². The molecule has 0 saturated carbocycles. The number of phenols is 1. The van der Waals surface area contributed by atoms with E-state index in [1.54, 1.807) is 22.8 Å². The number of rotatable bonds is 9. The van der Waals surface area contributed by atoms with Crippen LogP contribution in [0.3, 0.4) is 0 Å². The van der Waals surface area contributed by atoms with Crippen molar-refractivity contribution in [3.63, 3.8) is 0 Å². The van der Waals surface area contributed by atoms with Crippen molar-refractivity contribution in [2.75, 3.05) is 45.2 Å². The van der Waals surface area contributed by atoms with E-state index in [0.29, 0.717) is 48.6 Å². The highest BCUT2D eigenvalue weighted by Gasteiger charge is 2.39. The number of fused-ring (bicyclic) bond motifs is 1. The molecular formula is C34H46N6O4. The van der Waals surface area contributed by atoms with Crippen LogP contribution >= 0.6 is 0 Å². The number of nitrogens with zero attached hydrogens (tertiary/aromatic N) is 5. The molecule has 2 aliphatic rings. The Hall–Kier alpha value is -3.89. The summed E-state index contributed by atoms with van der Waals surface area (Å²) in [5.74, 6) is -0.136.